The first-order chi connectivity index (χ1) is 13.7. The summed E-state index contributed by atoms with van der Waals surface area (Å²) < 4.78 is 5.12. The van der Waals surface area contributed by atoms with Crippen molar-refractivity contribution >= 4 is 6.09 Å². The molecule has 0 aliphatic carbocycles. The number of unbranched alkanes of at least 4 members (excludes halogenated alkanes) is 11. The smallest absolute Gasteiger partial charge is 0.408 e. The SMILES string of the molecule is CCCCCCCCCCCCCC[C@@H](O)[C@@H](O)[C@H](CO)NC(=O)OC(C)(C)C. The van der Waals surface area contributed by atoms with Crippen LogP contribution in [0.15, 0.2) is 0 Å². The summed E-state index contributed by atoms with van der Waals surface area (Å²) in [5.41, 5.74) is -0.664. The molecule has 174 valence electrons. The summed E-state index contributed by atoms with van der Waals surface area (Å²) >= 11 is 0. The maximum absolute atomic E-state index is 11.8. The van der Waals surface area contributed by atoms with E-state index in [1.165, 1.54) is 57.8 Å². The lowest BCUT2D eigenvalue weighted by atomic mass is 9.99. The molecule has 0 heterocycles. The molecule has 0 rings (SSSR count). The Kier molecular flexibility index (Phi) is 16.4. The normalized spacial score (nSPS) is 15.0. The number of hydrogen-bond donors (Lipinski definition) is 4. The highest BCUT2D eigenvalue weighted by molar-refractivity contribution is 5.68. The van der Waals surface area contributed by atoms with Crippen LogP contribution in [-0.4, -0.2) is 51.9 Å². The van der Waals surface area contributed by atoms with Gasteiger partial charge in [-0.1, -0.05) is 84.0 Å². The number of hydrogen-bond acceptors (Lipinski definition) is 5. The molecule has 0 spiro atoms. The van der Waals surface area contributed by atoms with Gasteiger partial charge >= 0.3 is 6.09 Å². The summed E-state index contributed by atoms with van der Waals surface area (Å²) in [5.74, 6) is 0. The highest BCUT2D eigenvalue weighted by Crippen LogP contribution is 2.15. The third-order valence-corrected chi connectivity index (χ3v) is 5.06. The van der Waals surface area contributed by atoms with Gasteiger partial charge in [0.15, 0.2) is 0 Å². The van der Waals surface area contributed by atoms with Gasteiger partial charge < -0.3 is 25.4 Å². The summed E-state index contributed by atoms with van der Waals surface area (Å²) in [5, 5.41) is 32.2. The van der Waals surface area contributed by atoms with E-state index in [0.717, 1.165) is 19.3 Å². The maximum atomic E-state index is 11.8. The Hall–Kier alpha value is -0.850. The van der Waals surface area contributed by atoms with Crippen LogP contribution in [0.5, 0.6) is 0 Å². The molecule has 0 aromatic rings. The van der Waals surface area contributed by atoms with Gasteiger partial charge in [0.1, 0.15) is 11.7 Å². The second kappa shape index (κ2) is 16.9. The molecule has 0 saturated heterocycles. The highest BCUT2D eigenvalue weighted by atomic mass is 16.6. The van der Waals surface area contributed by atoms with E-state index in [9.17, 15) is 20.1 Å². The number of nitrogens with one attached hydrogen (secondary N) is 1. The van der Waals surface area contributed by atoms with Gasteiger partial charge in [-0.15, -0.1) is 0 Å². The van der Waals surface area contributed by atoms with Crippen molar-refractivity contribution in [3.8, 4) is 0 Å². The fourth-order valence-electron chi connectivity index (χ4n) is 3.33. The van der Waals surface area contributed by atoms with Gasteiger partial charge in [0.25, 0.3) is 0 Å². The van der Waals surface area contributed by atoms with Crippen molar-refractivity contribution in [1.29, 1.82) is 0 Å². The standard InChI is InChI=1S/C23H47NO5/c1-5-6-7-8-9-10-11-12-13-14-15-16-17-20(26)21(27)19(18-25)24-22(28)29-23(2,3)4/h19-21,25-27H,5-18H2,1-4H3,(H,24,28)/t19-,20+,21-/m0/s1. The molecular weight excluding hydrogens is 370 g/mol. The van der Waals surface area contributed by atoms with Crippen molar-refractivity contribution in [1.82, 2.24) is 5.32 Å². The van der Waals surface area contributed by atoms with Crippen LogP contribution in [0.1, 0.15) is 111 Å². The molecule has 3 atom stereocenters. The lowest BCUT2D eigenvalue weighted by molar-refractivity contribution is -0.0248. The van der Waals surface area contributed by atoms with Crippen LogP contribution in [0.3, 0.4) is 0 Å². The Morgan fingerprint density at radius 1 is 0.862 bits per heavy atom. The zero-order chi connectivity index (χ0) is 22.1. The second-order valence-corrected chi connectivity index (χ2v) is 9.17. The van der Waals surface area contributed by atoms with Crippen LogP contribution in [0.25, 0.3) is 0 Å². The monoisotopic (exact) mass is 417 g/mol. The quantitative estimate of drug-likeness (QED) is 0.257. The van der Waals surface area contributed by atoms with Crippen LogP contribution in [0.4, 0.5) is 4.79 Å². The number of aliphatic hydroxyl groups excluding tert-OH is 3. The molecular formula is C23H47NO5. The lowest BCUT2D eigenvalue weighted by Crippen LogP contribution is -2.51. The summed E-state index contributed by atoms with van der Waals surface area (Å²) in [7, 11) is 0. The number of alkyl carbamates (subject to hydrolysis) is 1. The Bertz CT molecular complexity index is 397. The van der Waals surface area contributed by atoms with Crippen molar-refractivity contribution in [2.75, 3.05) is 6.61 Å². The minimum atomic E-state index is -1.22. The average Bonchev–Trinajstić information content (AvgIpc) is 2.64. The summed E-state index contributed by atoms with van der Waals surface area (Å²) in [4.78, 5) is 11.8. The second-order valence-electron chi connectivity index (χ2n) is 9.17. The minimum Gasteiger partial charge on any atom is -0.444 e. The molecule has 0 aliphatic heterocycles. The predicted molar refractivity (Wildman–Crippen MR) is 118 cm³/mol. The maximum Gasteiger partial charge on any atom is 0.408 e. The van der Waals surface area contributed by atoms with E-state index in [1.807, 2.05) is 0 Å². The summed E-state index contributed by atoms with van der Waals surface area (Å²) in [6.45, 7) is 6.99. The third-order valence-electron chi connectivity index (χ3n) is 5.06. The van der Waals surface area contributed by atoms with Gasteiger partial charge in [-0.2, -0.15) is 0 Å². The van der Waals surface area contributed by atoms with E-state index < -0.39 is 36.6 Å². The van der Waals surface area contributed by atoms with Gasteiger partial charge in [0.05, 0.1) is 18.8 Å². The molecule has 6 nitrogen and oxygen atoms in total. The minimum absolute atomic E-state index is 0.449. The molecule has 29 heavy (non-hydrogen) atoms. The van der Waals surface area contributed by atoms with Crippen LogP contribution >= 0.6 is 0 Å². The number of aliphatic hydroxyl groups is 3. The van der Waals surface area contributed by atoms with Crippen molar-refractivity contribution < 1.29 is 24.9 Å². The first kappa shape index (κ1) is 28.1. The summed E-state index contributed by atoms with van der Waals surface area (Å²) in [6.07, 6.45) is 12.4. The van der Waals surface area contributed by atoms with Gasteiger partial charge in [0.2, 0.25) is 0 Å². The van der Waals surface area contributed by atoms with Crippen LogP contribution in [0, 0.1) is 0 Å². The van der Waals surface area contributed by atoms with Crippen molar-refractivity contribution in [3.05, 3.63) is 0 Å². The van der Waals surface area contributed by atoms with E-state index >= 15 is 0 Å². The van der Waals surface area contributed by atoms with E-state index in [0.29, 0.717) is 6.42 Å². The van der Waals surface area contributed by atoms with Gasteiger partial charge in [-0.3, -0.25) is 0 Å². The number of rotatable bonds is 17. The number of carbonyl (C=O) groups is 1. The molecule has 1 amide bonds. The van der Waals surface area contributed by atoms with Crippen molar-refractivity contribution in [2.45, 2.75) is 135 Å². The van der Waals surface area contributed by atoms with Crippen molar-refractivity contribution in [2.24, 2.45) is 0 Å². The number of ether oxygens (including phenoxy) is 1. The number of amides is 1. The fraction of sp³-hybridized carbons (Fsp3) is 0.957. The molecule has 0 fully saturated rings. The van der Waals surface area contributed by atoms with Crippen LogP contribution < -0.4 is 5.32 Å². The molecule has 0 aromatic carbocycles. The van der Waals surface area contributed by atoms with Gasteiger partial charge in [-0.05, 0) is 27.2 Å². The Labute approximate surface area is 178 Å². The Morgan fingerprint density at radius 3 is 1.72 bits per heavy atom. The molecule has 0 aliphatic rings. The molecule has 6 heteroatoms. The molecule has 0 bridgehead atoms. The highest BCUT2D eigenvalue weighted by Gasteiger charge is 2.28. The summed E-state index contributed by atoms with van der Waals surface area (Å²) in [6, 6.07) is -0.947. The van der Waals surface area contributed by atoms with E-state index in [-0.39, 0.29) is 0 Å². The molecule has 4 N–H and O–H groups in total. The third kappa shape index (κ3) is 16.6. The predicted octanol–water partition coefficient (Wildman–Crippen LogP) is 4.69. The van der Waals surface area contributed by atoms with E-state index in [2.05, 4.69) is 12.2 Å². The van der Waals surface area contributed by atoms with Crippen LogP contribution in [-0.2, 0) is 4.74 Å². The zero-order valence-corrected chi connectivity index (χ0v) is 19.3. The largest absolute Gasteiger partial charge is 0.444 e. The zero-order valence-electron chi connectivity index (χ0n) is 19.3. The lowest BCUT2D eigenvalue weighted by Gasteiger charge is -2.28. The average molecular weight is 418 g/mol. The molecule has 0 saturated carbocycles. The molecule has 0 radical (unpaired) electrons. The first-order valence-electron chi connectivity index (χ1n) is 11.7. The fourth-order valence-corrected chi connectivity index (χ4v) is 3.33. The van der Waals surface area contributed by atoms with E-state index in [1.54, 1.807) is 20.8 Å². The van der Waals surface area contributed by atoms with E-state index in [4.69, 9.17) is 4.74 Å². The first-order valence-corrected chi connectivity index (χ1v) is 11.7. The van der Waals surface area contributed by atoms with Gasteiger partial charge in [-0.25, -0.2) is 4.79 Å². The van der Waals surface area contributed by atoms with Gasteiger partial charge in [0, 0.05) is 0 Å². The Morgan fingerprint density at radius 2 is 1.31 bits per heavy atom. The molecule has 0 aromatic heterocycles. The molecule has 0 unspecified atom stereocenters. The topological polar surface area (TPSA) is 99.0 Å². The van der Waals surface area contributed by atoms with Crippen LogP contribution in [0.2, 0.25) is 0 Å². The Balaban J connectivity index is 3.81. The van der Waals surface area contributed by atoms with Crippen molar-refractivity contribution in [3.63, 3.8) is 0 Å². The number of carbonyl (C=O) groups excluding carboxylic acids is 1.